The molecule has 0 radical (unpaired) electrons. The van der Waals surface area contributed by atoms with Gasteiger partial charge >= 0.3 is 0 Å². The van der Waals surface area contributed by atoms with Crippen molar-refractivity contribution < 1.29 is 24.8 Å². The molecule has 0 amide bonds. The Morgan fingerprint density at radius 3 is 2.20 bits per heavy atom. The van der Waals surface area contributed by atoms with Gasteiger partial charge in [0.2, 0.25) is 0 Å². The van der Waals surface area contributed by atoms with E-state index < -0.39 is 24.4 Å². The number of hydrogen-bond acceptors (Lipinski definition) is 5. The number of aliphatic hydroxyl groups is 3. The first-order chi connectivity index (χ1) is 12.2. The molecule has 1 heterocycles. The Labute approximate surface area is 153 Å². The smallest absolute Gasteiger partial charge is 0.114 e. The van der Waals surface area contributed by atoms with Crippen LogP contribution in [-0.4, -0.2) is 59.6 Å². The van der Waals surface area contributed by atoms with Gasteiger partial charge in [0, 0.05) is 6.61 Å². The molecule has 5 heteroatoms. The Kier molecular flexibility index (Phi) is 13.3. The summed E-state index contributed by atoms with van der Waals surface area (Å²) in [5.74, 6) is 0. The summed E-state index contributed by atoms with van der Waals surface area (Å²) in [4.78, 5) is 0. The maximum Gasteiger partial charge on any atom is 0.114 e. The molecule has 0 aliphatic carbocycles. The number of ether oxygens (including phenoxy) is 2. The molecule has 0 aromatic rings. The van der Waals surface area contributed by atoms with Crippen LogP contribution in [0.25, 0.3) is 0 Å². The summed E-state index contributed by atoms with van der Waals surface area (Å²) >= 11 is 0. The van der Waals surface area contributed by atoms with Gasteiger partial charge in [-0.1, -0.05) is 57.6 Å². The van der Waals surface area contributed by atoms with Crippen LogP contribution in [-0.2, 0) is 9.47 Å². The lowest BCUT2D eigenvalue weighted by Gasteiger charge is -2.24. The van der Waals surface area contributed by atoms with E-state index in [9.17, 15) is 15.3 Å². The highest BCUT2D eigenvalue weighted by Gasteiger charge is 2.40. The molecule has 1 fully saturated rings. The fraction of sp³-hybridized carbons (Fsp3) is 0.900. The minimum Gasteiger partial charge on any atom is -0.394 e. The van der Waals surface area contributed by atoms with Gasteiger partial charge in [0.25, 0.3) is 0 Å². The van der Waals surface area contributed by atoms with Gasteiger partial charge in [-0.3, -0.25) is 0 Å². The van der Waals surface area contributed by atoms with Crippen molar-refractivity contribution in [3.8, 4) is 0 Å². The minimum atomic E-state index is -0.977. The highest BCUT2D eigenvalue weighted by molar-refractivity contribution is 4.88. The first-order valence-electron chi connectivity index (χ1n) is 10.1. The highest BCUT2D eigenvalue weighted by atomic mass is 16.6. The van der Waals surface area contributed by atoms with Crippen LogP contribution in [0.4, 0.5) is 0 Å². The highest BCUT2D eigenvalue weighted by Crippen LogP contribution is 2.20. The molecule has 0 bridgehead atoms. The van der Waals surface area contributed by atoms with Gasteiger partial charge in [-0.15, -0.1) is 0 Å². The monoisotopic (exact) mass is 358 g/mol. The standard InChI is InChI=1S/C20H38O5/c1-2-3-4-5-6-7-8-9-10-11-12-13-14-24-18(15-21)20-19(23)17(22)16-25-20/h3-4,17-23H,2,5-16H2,1H3/b4-3+/t17-,18+,19+,20+/m0/s1. The molecule has 5 nitrogen and oxygen atoms in total. The van der Waals surface area contributed by atoms with E-state index in [1.54, 1.807) is 0 Å². The Morgan fingerprint density at radius 1 is 1.00 bits per heavy atom. The molecule has 3 N–H and O–H groups in total. The van der Waals surface area contributed by atoms with Crippen molar-refractivity contribution in [3.05, 3.63) is 12.2 Å². The van der Waals surface area contributed by atoms with Gasteiger partial charge in [0.05, 0.1) is 13.2 Å². The largest absolute Gasteiger partial charge is 0.394 e. The van der Waals surface area contributed by atoms with Crippen molar-refractivity contribution in [3.63, 3.8) is 0 Å². The molecule has 25 heavy (non-hydrogen) atoms. The molecular weight excluding hydrogens is 320 g/mol. The fourth-order valence-corrected chi connectivity index (χ4v) is 3.15. The molecule has 148 valence electrons. The van der Waals surface area contributed by atoms with Gasteiger partial charge in [-0.25, -0.2) is 0 Å². The van der Waals surface area contributed by atoms with Gasteiger partial charge in [-0.05, 0) is 25.7 Å². The average Bonchev–Trinajstić information content (AvgIpc) is 2.95. The van der Waals surface area contributed by atoms with Crippen LogP contribution in [0.3, 0.4) is 0 Å². The minimum absolute atomic E-state index is 0.0978. The summed E-state index contributed by atoms with van der Waals surface area (Å²) in [5.41, 5.74) is 0. The Morgan fingerprint density at radius 2 is 1.64 bits per heavy atom. The molecule has 0 saturated carbocycles. The number of unbranched alkanes of at least 4 members (excludes halogenated alkanes) is 8. The van der Waals surface area contributed by atoms with Crippen LogP contribution in [0.1, 0.15) is 71.1 Å². The van der Waals surface area contributed by atoms with E-state index in [1.807, 2.05) is 0 Å². The third-order valence-corrected chi connectivity index (χ3v) is 4.74. The Bertz CT molecular complexity index is 334. The molecule has 1 aliphatic rings. The van der Waals surface area contributed by atoms with E-state index in [4.69, 9.17) is 9.47 Å². The van der Waals surface area contributed by atoms with Crippen molar-refractivity contribution in [2.75, 3.05) is 19.8 Å². The molecule has 0 spiro atoms. The quantitative estimate of drug-likeness (QED) is 0.310. The van der Waals surface area contributed by atoms with Crippen LogP contribution in [0.2, 0.25) is 0 Å². The van der Waals surface area contributed by atoms with Crippen molar-refractivity contribution in [2.45, 2.75) is 95.5 Å². The second-order valence-corrected chi connectivity index (χ2v) is 6.94. The fourth-order valence-electron chi connectivity index (χ4n) is 3.15. The maximum absolute atomic E-state index is 9.79. The summed E-state index contributed by atoms with van der Waals surface area (Å²) in [6.45, 7) is 2.61. The second-order valence-electron chi connectivity index (χ2n) is 6.94. The van der Waals surface area contributed by atoms with Gasteiger partial charge < -0.3 is 24.8 Å². The predicted molar refractivity (Wildman–Crippen MR) is 99.6 cm³/mol. The number of rotatable bonds is 15. The second kappa shape index (κ2) is 14.7. The summed E-state index contributed by atoms with van der Waals surface area (Å²) in [6, 6.07) is 0. The average molecular weight is 359 g/mol. The summed E-state index contributed by atoms with van der Waals surface area (Å²) in [6.07, 6.45) is 13.6. The van der Waals surface area contributed by atoms with Crippen molar-refractivity contribution in [2.24, 2.45) is 0 Å². The summed E-state index contributed by atoms with van der Waals surface area (Å²) in [5, 5.41) is 28.7. The van der Waals surface area contributed by atoms with Gasteiger partial charge in [0.15, 0.2) is 0 Å². The SMILES string of the molecule is CC/C=C/CCCCCCCCCCO[C@H](CO)[C@H]1OC[C@H](O)[C@H]1O. The maximum atomic E-state index is 9.79. The van der Waals surface area contributed by atoms with Gasteiger partial charge in [0.1, 0.15) is 24.4 Å². The van der Waals surface area contributed by atoms with Crippen molar-refractivity contribution in [1.29, 1.82) is 0 Å². The van der Waals surface area contributed by atoms with E-state index in [1.165, 1.54) is 44.9 Å². The van der Waals surface area contributed by atoms with Crippen molar-refractivity contribution >= 4 is 0 Å². The zero-order chi connectivity index (χ0) is 18.3. The molecule has 0 aromatic heterocycles. The molecule has 4 atom stereocenters. The van der Waals surface area contributed by atoms with Crippen LogP contribution in [0.15, 0.2) is 12.2 Å². The molecule has 0 aromatic carbocycles. The van der Waals surface area contributed by atoms with Gasteiger partial charge in [-0.2, -0.15) is 0 Å². The van der Waals surface area contributed by atoms with E-state index in [0.29, 0.717) is 6.61 Å². The normalized spacial score (nSPS) is 25.0. The molecule has 1 rings (SSSR count). The molecular formula is C20H38O5. The van der Waals surface area contributed by atoms with E-state index in [0.717, 1.165) is 19.3 Å². The third-order valence-electron chi connectivity index (χ3n) is 4.74. The van der Waals surface area contributed by atoms with Crippen LogP contribution in [0, 0.1) is 0 Å². The lowest BCUT2D eigenvalue weighted by Crippen LogP contribution is -2.42. The summed E-state index contributed by atoms with van der Waals surface area (Å²) in [7, 11) is 0. The zero-order valence-corrected chi connectivity index (χ0v) is 15.8. The number of hydrogen-bond donors (Lipinski definition) is 3. The first kappa shape index (κ1) is 22.6. The Hall–Kier alpha value is -0.460. The lowest BCUT2D eigenvalue weighted by molar-refractivity contribution is -0.101. The zero-order valence-electron chi connectivity index (χ0n) is 15.8. The number of allylic oxidation sites excluding steroid dienone is 2. The Balaban J connectivity index is 1.91. The topological polar surface area (TPSA) is 79.2 Å². The number of aliphatic hydroxyl groups excluding tert-OH is 3. The van der Waals surface area contributed by atoms with Crippen LogP contribution in [0.5, 0.6) is 0 Å². The van der Waals surface area contributed by atoms with Crippen LogP contribution < -0.4 is 0 Å². The molecule has 1 aliphatic heterocycles. The lowest BCUT2D eigenvalue weighted by atomic mass is 10.1. The predicted octanol–water partition coefficient (Wildman–Crippen LogP) is 2.96. The van der Waals surface area contributed by atoms with E-state index in [2.05, 4.69) is 19.1 Å². The molecule has 1 saturated heterocycles. The third kappa shape index (κ3) is 9.71. The first-order valence-corrected chi connectivity index (χ1v) is 10.1. The van der Waals surface area contributed by atoms with E-state index in [-0.39, 0.29) is 13.2 Å². The summed E-state index contributed by atoms with van der Waals surface area (Å²) < 4.78 is 10.9. The van der Waals surface area contributed by atoms with Crippen molar-refractivity contribution in [1.82, 2.24) is 0 Å². The van der Waals surface area contributed by atoms with Crippen LogP contribution >= 0.6 is 0 Å². The molecule has 0 unspecified atom stereocenters. The van der Waals surface area contributed by atoms with E-state index >= 15 is 0 Å².